The molecule has 1 atom stereocenters. The molecule has 0 saturated carbocycles. The first-order valence-electron chi connectivity index (χ1n) is 8.66. The zero-order chi connectivity index (χ0) is 19.6. The van der Waals surface area contributed by atoms with E-state index in [0.717, 1.165) is 0 Å². The summed E-state index contributed by atoms with van der Waals surface area (Å²) in [7, 11) is 0. The summed E-state index contributed by atoms with van der Waals surface area (Å²) in [5, 5.41) is 4.15. The molecular formula is C19H26ClN3O2S. The third-order valence-corrected chi connectivity index (χ3v) is 4.90. The number of halogens is 1. The Kier molecular flexibility index (Phi) is 6.40. The lowest BCUT2D eigenvalue weighted by atomic mass is 10.1. The molecule has 2 aromatic rings. The van der Waals surface area contributed by atoms with Crippen molar-refractivity contribution in [2.45, 2.75) is 64.0 Å². The maximum atomic E-state index is 13.0. The number of hydrogen-bond acceptors (Lipinski definition) is 4. The summed E-state index contributed by atoms with van der Waals surface area (Å²) in [5.41, 5.74) is 0.152. The highest BCUT2D eigenvalue weighted by molar-refractivity contribution is 8.00. The van der Waals surface area contributed by atoms with Crippen molar-refractivity contribution >= 4 is 40.2 Å². The van der Waals surface area contributed by atoms with Crippen LogP contribution in [0.5, 0.6) is 0 Å². The number of rotatable bonds is 5. The van der Waals surface area contributed by atoms with Gasteiger partial charge in [-0.2, -0.15) is 0 Å². The Labute approximate surface area is 163 Å². The van der Waals surface area contributed by atoms with Crippen molar-refractivity contribution in [3.63, 3.8) is 0 Å². The molecule has 0 spiro atoms. The standard InChI is InChI=1S/C19H26ClN3O2S/c1-11(2)10-23-17(25)14-9-13(20)7-8-15(14)21-18(23)26-12(3)16(24)22-19(4,5)6/h7-9,11-12H,10H2,1-6H3,(H,22,24)/t12-/m0/s1. The zero-order valence-corrected chi connectivity index (χ0v) is 17.7. The lowest BCUT2D eigenvalue weighted by Crippen LogP contribution is -2.44. The normalized spacial score (nSPS) is 13.2. The Bertz CT molecular complexity index is 871. The summed E-state index contributed by atoms with van der Waals surface area (Å²) >= 11 is 7.34. The number of aromatic nitrogens is 2. The molecule has 26 heavy (non-hydrogen) atoms. The van der Waals surface area contributed by atoms with E-state index in [1.807, 2.05) is 41.5 Å². The predicted molar refractivity (Wildman–Crippen MR) is 109 cm³/mol. The molecule has 1 aromatic carbocycles. The Balaban J connectivity index is 2.46. The van der Waals surface area contributed by atoms with E-state index in [0.29, 0.717) is 27.6 Å². The zero-order valence-electron chi connectivity index (χ0n) is 16.1. The van der Waals surface area contributed by atoms with Crippen LogP contribution in [0.3, 0.4) is 0 Å². The lowest BCUT2D eigenvalue weighted by molar-refractivity contribution is -0.121. The van der Waals surface area contributed by atoms with Crippen molar-refractivity contribution < 1.29 is 4.79 Å². The van der Waals surface area contributed by atoms with Crippen molar-refractivity contribution in [1.29, 1.82) is 0 Å². The van der Waals surface area contributed by atoms with Gasteiger partial charge in [-0.15, -0.1) is 0 Å². The first-order valence-corrected chi connectivity index (χ1v) is 9.92. The van der Waals surface area contributed by atoms with E-state index in [2.05, 4.69) is 10.3 Å². The van der Waals surface area contributed by atoms with Gasteiger partial charge in [0, 0.05) is 17.1 Å². The molecule has 0 saturated heterocycles. The molecule has 1 heterocycles. The van der Waals surface area contributed by atoms with Crippen molar-refractivity contribution in [3.05, 3.63) is 33.6 Å². The molecule has 0 aliphatic heterocycles. The van der Waals surface area contributed by atoms with Crippen molar-refractivity contribution in [3.8, 4) is 0 Å². The number of thioether (sulfide) groups is 1. The van der Waals surface area contributed by atoms with Crippen LogP contribution < -0.4 is 10.9 Å². The highest BCUT2D eigenvalue weighted by Gasteiger charge is 2.23. The molecule has 2 rings (SSSR count). The van der Waals surface area contributed by atoms with Crippen LogP contribution in [-0.2, 0) is 11.3 Å². The monoisotopic (exact) mass is 395 g/mol. The van der Waals surface area contributed by atoms with Gasteiger partial charge in [0.25, 0.3) is 5.56 Å². The molecule has 7 heteroatoms. The number of nitrogens with one attached hydrogen (secondary N) is 1. The van der Waals surface area contributed by atoms with E-state index in [4.69, 9.17) is 11.6 Å². The number of nitrogens with zero attached hydrogens (tertiary/aromatic N) is 2. The van der Waals surface area contributed by atoms with Gasteiger partial charge >= 0.3 is 0 Å². The molecule has 1 N–H and O–H groups in total. The van der Waals surface area contributed by atoms with Gasteiger partial charge in [-0.05, 0) is 51.8 Å². The summed E-state index contributed by atoms with van der Waals surface area (Å²) in [6.07, 6.45) is 0. The number of fused-ring (bicyclic) bond motifs is 1. The summed E-state index contributed by atoms with van der Waals surface area (Å²) < 4.78 is 1.65. The van der Waals surface area contributed by atoms with Crippen LogP contribution in [0.4, 0.5) is 0 Å². The third-order valence-electron chi connectivity index (χ3n) is 3.58. The van der Waals surface area contributed by atoms with Gasteiger partial charge in [-0.1, -0.05) is 37.2 Å². The number of carbonyl (C=O) groups is 1. The maximum absolute atomic E-state index is 13.0. The smallest absolute Gasteiger partial charge is 0.262 e. The quantitative estimate of drug-likeness (QED) is 0.611. The number of amides is 1. The maximum Gasteiger partial charge on any atom is 0.262 e. The second-order valence-electron chi connectivity index (χ2n) is 7.86. The summed E-state index contributed by atoms with van der Waals surface area (Å²) in [4.78, 5) is 30.0. The number of hydrogen-bond donors (Lipinski definition) is 1. The second kappa shape index (κ2) is 8.01. The third kappa shape index (κ3) is 5.24. The van der Waals surface area contributed by atoms with Crippen LogP contribution in [-0.4, -0.2) is 26.2 Å². The van der Waals surface area contributed by atoms with Crippen LogP contribution in [0.2, 0.25) is 5.02 Å². The molecule has 0 unspecified atom stereocenters. The summed E-state index contributed by atoms with van der Waals surface area (Å²) in [6, 6.07) is 5.10. The fourth-order valence-electron chi connectivity index (χ4n) is 2.47. The van der Waals surface area contributed by atoms with Gasteiger partial charge in [0.05, 0.1) is 16.2 Å². The fraction of sp³-hybridized carbons (Fsp3) is 0.526. The molecule has 142 valence electrons. The van der Waals surface area contributed by atoms with Gasteiger partial charge < -0.3 is 5.32 Å². The SMILES string of the molecule is CC(C)Cn1c(S[C@@H](C)C(=O)NC(C)(C)C)nc2ccc(Cl)cc2c1=O. The highest BCUT2D eigenvalue weighted by Crippen LogP contribution is 2.25. The molecular weight excluding hydrogens is 370 g/mol. The topological polar surface area (TPSA) is 64.0 Å². The highest BCUT2D eigenvalue weighted by atomic mass is 35.5. The van der Waals surface area contributed by atoms with Crippen LogP contribution in [0.1, 0.15) is 41.5 Å². The Morgan fingerprint density at radius 1 is 1.31 bits per heavy atom. The molecule has 0 fully saturated rings. The van der Waals surface area contributed by atoms with Crippen LogP contribution >= 0.6 is 23.4 Å². The van der Waals surface area contributed by atoms with E-state index in [-0.39, 0.29) is 28.2 Å². The lowest BCUT2D eigenvalue weighted by Gasteiger charge is -2.23. The van der Waals surface area contributed by atoms with Gasteiger partial charge in [-0.3, -0.25) is 14.2 Å². The van der Waals surface area contributed by atoms with E-state index in [1.54, 1.807) is 22.8 Å². The van der Waals surface area contributed by atoms with Gasteiger partial charge in [0.15, 0.2) is 5.16 Å². The van der Waals surface area contributed by atoms with Gasteiger partial charge in [-0.25, -0.2) is 4.98 Å². The summed E-state index contributed by atoms with van der Waals surface area (Å²) in [6.45, 7) is 12.3. The van der Waals surface area contributed by atoms with Gasteiger partial charge in [0.1, 0.15) is 0 Å². The minimum atomic E-state index is -0.371. The van der Waals surface area contributed by atoms with Crippen LogP contribution in [0.15, 0.2) is 28.2 Å². The van der Waals surface area contributed by atoms with Crippen molar-refractivity contribution in [1.82, 2.24) is 14.9 Å². The molecule has 0 aliphatic rings. The van der Waals surface area contributed by atoms with Crippen molar-refractivity contribution in [2.24, 2.45) is 5.92 Å². The average Bonchev–Trinajstić information content (AvgIpc) is 2.50. The van der Waals surface area contributed by atoms with E-state index in [9.17, 15) is 9.59 Å². The minimum absolute atomic E-state index is 0.0796. The number of carbonyl (C=O) groups excluding carboxylic acids is 1. The molecule has 0 aliphatic carbocycles. The molecule has 1 amide bonds. The average molecular weight is 396 g/mol. The molecule has 0 radical (unpaired) electrons. The molecule has 0 bridgehead atoms. The Morgan fingerprint density at radius 3 is 2.54 bits per heavy atom. The van der Waals surface area contributed by atoms with Gasteiger partial charge in [0.2, 0.25) is 5.91 Å². The first-order chi connectivity index (χ1) is 12.0. The minimum Gasteiger partial charge on any atom is -0.351 e. The number of benzene rings is 1. The fourth-order valence-corrected chi connectivity index (χ4v) is 3.56. The Hall–Kier alpha value is -1.53. The summed E-state index contributed by atoms with van der Waals surface area (Å²) in [5.74, 6) is 0.188. The van der Waals surface area contributed by atoms with E-state index in [1.165, 1.54) is 11.8 Å². The Morgan fingerprint density at radius 2 is 1.96 bits per heavy atom. The van der Waals surface area contributed by atoms with Crippen LogP contribution in [0, 0.1) is 5.92 Å². The largest absolute Gasteiger partial charge is 0.351 e. The predicted octanol–water partition coefficient (Wildman–Crippen LogP) is 4.10. The van der Waals surface area contributed by atoms with E-state index >= 15 is 0 Å². The second-order valence-corrected chi connectivity index (χ2v) is 9.61. The van der Waals surface area contributed by atoms with Crippen LogP contribution in [0.25, 0.3) is 10.9 Å². The van der Waals surface area contributed by atoms with E-state index < -0.39 is 0 Å². The first kappa shape index (κ1) is 20.8. The van der Waals surface area contributed by atoms with Crippen molar-refractivity contribution in [2.75, 3.05) is 0 Å². The molecule has 1 aromatic heterocycles. The molecule has 5 nitrogen and oxygen atoms in total.